The molecule has 0 saturated carbocycles. The van der Waals surface area contributed by atoms with Crippen molar-refractivity contribution in [3.63, 3.8) is 0 Å². The van der Waals surface area contributed by atoms with Gasteiger partial charge in [0.1, 0.15) is 0 Å². The average molecular weight is 271 g/mol. The molecule has 1 N–H and O–H groups in total. The number of rotatable bonds is 6. The first-order valence-electron chi connectivity index (χ1n) is 5.62. The molecule has 0 aliphatic heterocycles. The van der Waals surface area contributed by atoms with Crippen LogP contribution in [0.2, 0.25) is 0 Å². The van der Waals surface area contributed by atoms with Crippen molar-refractivity contribution in [3.05, 3.63) is 28.5 Å². The van der Waals surface area contributed by atoms with Crippen molar-refractivity contribution < 1.29 is 0 Å². The summed E-state index contributed by atoms with van der Waals surface area (Å²) >= 11 is 3.40. The second-order valence-electron chi connectivity index (χ2n) is 3.65. The molecule has 0 aliphatic carbocycles. The molecule has 1 aromatic heterocycles. The smallest absolute Gasteiger partial charge is 0.0574 e. The molecule has 0 radical (unpaired) electrons. The molecule has 1 unspecified atom stereocenters. The Hall–Kier alpha value is -0.410. The quantitative estimate of drug-likeness (QED) is 0.853. The number of nitrogens with zero attached hydrogens (tertiary/aromatic N) is 1. The van der Waals surface area contributed by atoms with Crippen LogP contribution in [0.5, 0.6) is 0 Å². The first-order chi connectivity index (χ1) is 7.27. The number of nitrogens with one attached hydrogen (secondary N) is 1. The zero-order valence-electron chi connectivity index (χ0n) is 9.46. The predicted molar refractivity (Wildman–Crippen MR) is 67.9 cm³/mol. The summed E-state index contributed by atoms with van der Waals surface area (Å²) < 4.78 is 1.04. The molecule has 0 fully saturated rings. The predicted octanol–water partition coefficient (Wildman–Crippen LogP) is 3.68. The molecule has 2 nitrogen and oxygen atoms in total. The van der Waals surface area contributed by atoms with Crippen LogP contribution < -0.4 is 5.32 Å². The van der Waals surface area contributed by atoms with E-state index in [2.05, 4.69) is 52.2 Å². The fourth-order valence-corrected chi connectivity index (χ4v) is 1.84. The summed E-state index contributed by atoms with van der Waals surface area (Å²) in [5.74, 6) is 0. The lowest BCUT2D eigenvalue weighted by molar-refractivity contribution is 0.484. The highest BCUT2D eigenvalue weighted by molar-refractivity contribution is 9.10. The number of unbranched alkanes of at least 4 members (excludes halogenated alkanes) is 1. The van der Waals surface area contributed by atoms with E-state index in [0.717, 1.165) is 16.7 Å². The molecule has 3 heteroatoms. The Morgan fingerprint density at radius 2 is 2.20 bits per heavy atom. The third-order valence-electron chi connectivity index (χ3n) is 2.40. The van der Waals surface area contributed by atoms with E-state index in [1.54, 1.807) is 0 Å². The molecule has 0 aromatic carbocycles. The molecular formula is C12H19BrN2. The maximum Gasteiger partial charge on any atom is 0.0574 e. The Bertz CT molecular complexity index is 271. The molecule has 0 spiro atoms. The third-order valence-corrected chi connectivity index (χ3v) is 2.87. The van der Waals surface area contributed by atoms with Crippen LogP contribution in [-0.4, -0.2) is 11.5 Å². The Morgan fingerprint density at radius 1 is 1.40 bits per heavy atom. The van der Waals surface area contributed by atoms with Crippen LogP contribution in [0, 0.1) is 0 Å². The van der Waals surface area contributed by atoms with Gasteiger partial charge in [-0.1, -0.05) is 26.7 Å². The van der Waals surface area contributed by atoms with Crippen molar-refractivity contribution in [2.75, 3.05) is 6.54 Å². The minimum atomic E-state index is 0.406. The maximum absolute atomic E-state index is 4.44. The molecule has 15 heavy (non-hydrogen) atoms. The second kappa shape index (κ2) is 6.96. The number of aromatic nitrogens is 1. The van der Waals surface area contributed by atoms with E-state index in [0.29, 0.717) is 6.04 Å². The van der Waals surface area contributed by atoms with Gasteiger partial charge >= 0.3 is 0 Å². The summed E-state index contributed by atoms with van der Waals surface area (Å²) in [6.45, 7) is 5.35. The van der Waals surface area contributed by atoms with Gasteiger partial charge in [-0.25, -0.2) is 0 Å². The van der Waals surface area contributed by atoms with Crippen molar-refractivity contribution in [1.29, 1.82) is 0 Å². The molecule has 0 amide bonds. The van der Waals surface area contributed by atoms with Crippen LogP contribution in [0.3, 0.4) is 0 Å². The highest BCUT2D eigenvalue weighted by atomic mass is 79.9. The van der Waals surface area contributed by atoms with Gasteiger partial charge in [-0.05, 0) is 41.0 Å². The van der Waals surface area contributed by atoms with E-state index < -0.39 is 0 Å². The van der Waals surface area contributed by atoms with Crippen molar-refractivity contribution in [3.8, 4) is 0 Å². The van der Waals surface area contributed by atoms with Crippen LogP contribution in [0.15, 0.2) is 22.8 Å². The SMILES string of the molecule is CCCCC(NCC)c1ccc(Br)cn1. The standard InChI is InChI=1S/C12H19BrN2/c1-3-5-6-11(14-4-2)12-8-7-10(13)9-15-12/h7-9,11,14H,3-6H2,1-2H3. The third kappa shape index (κ3) is 4.31. The number of halogens is 1. The summed E-state index contributed by atoms with van der Waals surface area (Å²) in [6.07, 6.45) is 5.51. The van der Waals surface area contributed by atoms with E-state index in [4.69, 9.17) is 0 Å². The molecule has 0 bridgehead atoms. The summed E-state index contributed by atoms with van der Waals surface area (Å²) in [7, 11) is 0. The second-order valence-corrected chi connectivity index (χ2v) is 4.57. The van der Waals surface area contributed by atoms with Crippen LogP contribution in [-0.2, 0) is 0 Å². The highest BCUT2D eigenvalue weighted by Gasteiger charge is 2.10. The van der Waals surface area contributed by atoms with E-state index in [1.165, 1.54) is 19.3 Å². The molecule has 84 valence electrons. The van der Waals surface area contributed by atoms with E-state index in [-0.39, 0.29) is 0 Å². The first-order valence-corrected chi connectivity index (χ1v) is 6.42. The first kappa shape index (κ1) is 12.7. The number of hydrogen-bond donors (Lipinski definition) is 1. The van der Waals surface area contributed by atoms with Gasteiger partial charge in [-0.3, -0.25) is 4.98 Å². The number of pyridine rings is 1. The lowest BCUT2D eigenvalue weighted by atomic mass is 10.1. The van der Waals surface area contributed by atoms with Gasteiger partial charge in [0.2, 0.25) is 0 Å². The largest absolute Gasteiger partial charge is 0.309 e. The topological polar surface area (TPSA) is 24.9 Å². The molecule has 1 heterocycles. The van der Waals surface area contributed by atoms with Crippen molar-refractivity contribution >= 4 is 15.9 Å². The zero-order valence-corrected chi connectivity index (χ0v) is 11.0. The fraction of sp³-hybridized carbons (Fsp3) is 0.583. The van der Waals surface area contributed by atoms with Gasteiger partial charge in [0.25, 0.3) is 0 Å². The molecule has 0 aliphatic rings. The Labute approximate surface area is 101 Å². The molecule has 1 rings (SSSR count). The zero-order chi connectivity index (χ0) is 11.1. The minimum Gasteiger partial charge on any atom is -0.309 e. The molecule has 0 saturated heterocycles. The maximum atomic E-state index is 4.44. The lowest BCUT2D eigenvalue weighted by Gasteiger charge is -2.16. The summed E-state index contributed by atoms with van der Waals surface area (Å²) in [4.78, 5) is 4.44. The van der Waals surface area contributed by atoms with Crippen LogP contribution in [0.25, 0.3) is 0 Å². The van der Waals surface area contributed by atoms with Gasteiger partial charge in [0.05, 0.1) is 5.69 Å². The molecule has 1 aromatic rings. The molecular weight excluding hydrogens is 252 g/mol. The summed E-state index contributed by atoms with van der Waals surface area (Å²) in [5.41, 5.74) is 1.15. The highest BCUT2D eigenvalue weighted by Crippen LogP contribution is 2.18. The van der Waals surface area contributed by atoms with Gasteiger partial charge < -0.3 is 5.32 Å². The van der Waals surface area contributed by atoms with Crippen LogP contribution in [0.4, 0.5) is 0 Å². The van der Waals surface area contributed by atoms with Crippen molar-refractivity contribution in [2.24, 2.45) is 0 Å². The lowest BCUT2D eigenvalue weighted by Crippen LogP contribution is -2.21. The van der Waals surface area contributed by atoms with Crippen LogP contribution in [0.1, 0.15) is 44.8 Å². The van der Waals surface area contributed by atoms with Crippen molar-refractivity contribution in [2.45, 2.75) is 39.2 Å². The average Bonchev–Trinajstić information content (AvgIpc) is 2.25. The van der Waals surface area contributed by atoms with Gasteiger partial charge in [-0.15, -0.1) is 0 Å². The van der Waals surface area contributed by atoms with Crippen molar-refractivity contribution in [1.82, 2.24) is 10.3 Å². The van der Waals surface area contributed by atoms with Gasteiger partial charge in [-0.2, -0.15) is 0 Å². The van der Waals surface area contributed by atoms with E-state index in [1.807, 2.05) is 6.20 Å². The monoisotopic (exact) mass is 270 g/mol. The summed E-state index contributed by atoms with van der Waals surface area (Å²) in [5, 5.41) is 3.48. The Kier molecular flexibility index (Phi) is 5.88. The van der Waals surface area contributed by atoms with E-state index in [9.17, 15) is 0 Å². The van der Waals surface area contributed by atoms with Crippen LogP contribution >= 0.6 is 15.9 Å². The fourth-order valence-electron chi connectivity index (χ4n) is 1.60. The normalized spacial score (nSPS) is 12.7. The van der Waals surface area contributed by atoms with E-state index >= 15 is 0 Å². The minimum absolute atomic E-state index is 0.406. The summed E-state index contributed by atoms with van der Waals surface area (Å²) in [6, 6.07) is 4.55. The Balaban J connectivity index is 2.65. The molecule has 1 atom stereocenters. The van der Waals surface area contributed by atoms with Gasteiger partial charge in [0, 0.05) is 16.7 Å². The van der Waals surface area contributed by atoms with Gasteiger partial charge in [0.15, 0.2) is 0 Å². The number of hydrogen-bond acceptors (Lipinski definition) is 2. The Morgan fingerprint density at radius 3 is 2.73 bits per heavy atom.